The minimum Gasteiger partial charge on any atom is -0.493 e. The van der Waals surface area contributed by atoms with Gasteiger partial charge in [-0.15, -0.1) is 11.8 Å². The summed E-state index contributed by atoms with van der Waals surface area (Å²) < 4.78 is 5.61. The van der Waals surface area contributed by atoms with E-state index >= 15 is 0 Å². The molecule has 2 N–H and O–H groups in total. The van der Waals surface area contributed by atoms with Crippen LogP contribution in [0.2, 0.25) is 0 Å². The molecule has 0 saturated carbocycles. The first-order valence-corrected chi connectivity index (χ1v) is 6.57. The third-order valence-electron chi connectivity index (χ3n) is 3.24. The van der Waals surface area contributed by atoms with Crippen molar-refractivity contribution in [1.29, 1.82) is 0 Å². The van der Waals surface area contributed by atoms with Gasteiger partial charge in [-0.1, -0.05) is 18.2 Å². The summed E-state index contributed by atoms with van der Waals surface area (Å²) in [6, 6.07) is 7.38. The molecule has 0 radical (unpaired) electrons. The molecule has 17 heavy (non-hydrogen) atoms. The molecule has 1 fully saturated rings. The van der Waals surface area contributed by atoms with E-state index in [2.05, 4.69) is 5.32 Å². The Morgan fingerprint density at radius 3 is 3.12 bits per heavy atom. The van der Waals surface area contributed by atoms with Crippen molar-refractivity contribution < 1.29 is 14.6 Å². The van der Waals surface area contributed by atoms with Crippen LogP contribution in [-0.4, -0.2) is 29.5 Å². The number of hydrogen-bond acceptors (Lipinski definition) is 4. The third kappa shape index (κ3) is 1.70. The first-order valence-electron chi connectivity index (χ1n) is 5.58. The van der Waals surface area contributed by atoms with E-state index in [1.165, 1.54) is 0 Å². The maximum Gasteiger partial charge on any atom is 0.321 e. The molecule has 1 aromatic rings. The quantitative estimate of drug-likeness (QED) is 0.790. The normalized spacial score (nSPS) is 30.9. The summed E-state index contributed by atoms with van der Waals surface area (Å²) in [4.78, 5) is 10.8. The van der Waals surface area contributed by atoms with Crippen LogP contribution in [0.15, 0.2) is 24.3 Å². The Morgan fingerprint density at radius 2 is 2.35 bits per heavy atom. The standard InChI is InChI=1S/C12H13NO3S/c14-11(15)9-7-17-12(13-9)5-6-16-10-4-2-1-3-8(10)12/h1-4,9,13H,5-7H2,(H,14,15). The Bertz CT molecular complexity index is 465. The van der Waals surface area contributed by atoms with E-state index in [0.717, 1.165) is 17.7 Å². The van der Waals surface area contributed by atoms with Crippen molar-refractivity contribution >= 4 is 17.7 Å². The number of fused-ring (bicyclic) bond motifs is 2. The van der Waals surface area contributed by atoms with Crippen LogP contribution in [0.5, 0.6) is 5.75 Å². The number of benzene rings is 1. The van der Waals surface area contributed by atoms with E-state index < -0.39 is 12.0 Å². The lowest BCUT2D eigenvalue weighted by Crippen LogP contribution is -2.45. The number of carboxylic acids is 1. The first kappa shape index (κ1) is 10.9. The zero-order valence-corrected chi connectivity index (χ0v) is 10.00. The van der Waals surface area contributed by atoms with Crippen molar-refractivity contribution in [2.45, 2.75) is 17.3 Å². The second-order valence-corrected chi connectivity index (χ2v) is 5.59. The molecule has 2 aliphatic heterocycles. The smallest absolute Gasteiger partial charge is 0.321 e. The van der Waals surface area contributed by atoms with E-state index in [1.807, 2.05) is 24.3 Å². The van der Waals surface area contributed by atoms with Gasteiger partial charge in [-0.05, 0) is 6.07 Å². The number of ether oxygens (including phenoxy) is 1. The van der Waals surface area contributed by atoms with Crippen LogP contribution in [0.4, 0.5) is 0 Å². The Labute approximate surface area is 103 Å². The predicted octanol–water partition coefficient (Wildman–Crippen LogP) is 1.41. The summed E-state index contributed by atoms with van der Waals surface area (Å²) in [6.07, 6.45) is 0.804. The number of para-hydroxylation sites is 1. The van der Waals surface area contributed by atoms with Crippen molar-refractivity contribution in [2.24, 2.45) is 0 Å². The Kier molecular flexibility index (Phi) is 2.52. The number of rotatable bonds is 1. The molecule has 1 aromatic carbocycles. The lowest BCUT2D eigenvalue weighted by Gasteiger charge is -2.35. The summed E-state index contributed by atoms with van der Waals surface area (Å²) in [7, 11) is 0. The molecule has 0 amide bonds. The molecule has 2 heterocycles. The van der Waals surface area contributed by atoms with Crippen molar-refractivity contribution in [3.63, 3.8) is 0 Å². The molecule has 2 unspecified atom stereocenters. The summed E-state index contributed by atoms with van der Waals surface area (Å²) in [5, 5.41) is 12.3. The molecular formula is C12H13NO3S. The summed E-state index contributed by atoms with van der Waals surface area (Å²) in [5.74, 6) is 0.687. The number of aliphatic carboxylic acids is 1. The van der Waals surface area contributed by atoms with Crippen LogP contribution in [-0.2, 0) is 9.67 Å². The highest BCUT2D eigenvalue weighted by Crippen LogP contribution is 2.48. The molecule has 0 bridgehead atoms. The number of carboxylic acid groups (broad SMARTS) is 1. The largest absolute Gasteiger partial charge is 0.493 e. The maximum atomic E-state index is 11.0. The Hall–Kier alpha value is -1.20. The molecule has 0 aromatic heterocycles. The fourth-order valence-corrected chi connectivity index (χ4v) is 3.84. The molecule has 0 aliphatic carbocycles. The van der Waals surface area contributed by atoms with E-state index in [9.17, 15) is 4.79 Å². The van der Waals surface area contributed by atoms with Crippen molar-refractivity contribution in [2.75, 3.05) is 12.4 Å². The highest BCUT2D eigenvalue weighted by atomic mass is 32.2. The van der Waals surface area contributed by atoms with Crippen LogP contribution < -0.4 is 10.1 Å². The molecule has 3 rings (SSSR count). The molecule has 90 valence electrons. The zero-order chi connectivity index (χ0) is 11.9. The number of thioether (sulfide) groups is 1. The molecule has 2 aliphatic rings. The van der Waals surface area contributed by atoms with Crippen LogP contribution >= 0.6 is 11.8 Å². The monoisotopic (exact) mass is 251 g/mol. The average Bonchev–Trinajstić information content (AvgIpc) is 2.75. The summed E-state index contributed by atoms with van der Waals surface area (Å²) >= 11 is 1.67. The van der Waals surface area contributed by atoms with E-state index in [4.69, 9.17) is 9.84 Å². The second-order valence-electron chi connectivity index (χ2n) is 4.27. The van der Waals surface area contributed by atoms with E-state index in [0.29, 0.717) is 12.4 Å². The van der Waals surface area contributed by atoms with Gasteiger partial charge in [-0.3, -0.25) is 10.1 Å². The fraction of sp³-hybridized carbons (Fsp3) is 0.417. The first-order chi connectivity index (χ1) is 8.21. The van der Waals surface area contributed by atoms with Gasteiger partial charge in [0.05, 0.1) is 11.5 Å². The fourth-order valence-electron chi connectivity index (χ4n) is 2.39. The summed E-state index contributed by atoms with van der Waals surface area (Å²) in [5.41, 5.74) is 1.07. The maximum absolute atomic E-state index is 11.0. The van der Waals surface area contributed by atoms with Crippen LogP contribution in [0.3, 0.4) is 0 Å². The van der Waals surface area contributed by atoms with Gasteiger partial charge in [0.2, 0.25) is 0 Å². The van der Waals surface area contributed by atoms with Gasteiger partial charge in [0, 0.05) is 17.7 Å². The minimum absolute atomic E-state index is 0.280. The molecule has 1 saturated heterocycles. The Morgan fingerprint density at radius 1 is 1.53 bits per heavy atom. The lowest BCUT2D eigenvalue weighted by atomic mass is 9.99. The highest BCUT2D eigenvalue weighted by molar-refractivity contribution is 8.00. The van der Waals surface area contributed by atoms with Gasteiger partial charge in [0.25, 0.3) is 0 Å². The minimum atomic E-state index is -0.779. The van der Waals surface area contributed by atoms with Crippen molar-refractivity contribution in [1.82, 2.24) is 5.32 Å². The Balaban J connectivity index is 1.98. The van der Waals surface area contributed by atoms with Gasteiger partial charge < -0.3 is 9.84 Å². The van der Waals surface area contributed by atoms with Crippen LogP contribution in [0.1, 0.15) is 12.0 Å². The molecule has 2 atom stereocenters. The van der Waals surface area contributed by atoms with Crippen molar-refractivity contribution in [3.05, 3.63) is 29.8 Å². The predicted molar refractivity (Wildman–Crippen MR) is 65.2 cm³/mol. The van der Waals surface area contributed by atoms with Crippen LogP contribution in [0, 0.1) is 0 Å². The van der Waals surface area contributed by atoms with Gasteiger partial charge in [0.15, 0.2) is 0 Å². The number of hydrogen-bond donors (Lipinski definition) is 2. The molecule has 4 nitrogen and oxygen atoms in total. The third-order valence-corrected chi connectivity index (χ3v) is 4.77. The van der Waals surface area contributed by atoms with Gasteiger partial charge in [-0.25, -0.2) is 0 Å². The topological polar surface area (TPSA) is 58.6 Å². The van der Waals surface area contributed by atoms with Gasteiger partial charge >= 0.3 is 5.97 Å². The second kappa shape index (κ2) is 3.92. The van der Waals surface area contributed by atoms with Crippen molar-refractivity contribution in [3.8, 4) is 5.75 Å². The van der Waals surface area contributed by atoms with Gasteiger partial charge in [-0.2, -0.15) is 0 Å². The molecular weight excluding hydrogens is 238 g/mol. The highest BCUT2D eigenvalue weighted by Gasteiger charge is 2.46. The van der Waals surface area contributed by atoms with Gasteiger partial charge in [0.1, 0.15) is 11.8 Å². The SMILES string of the molecule is O=C(O)C1CSC2(CCOc3ccccc32)N1. The van der Waals surface area contributed by atoms with Crippen LogP contribution in [0.25, 0.3) is 0 Å². The summed E-state index contributed by atoms with van der Waals surface area (Å²) in [6.45, 7) is 0.628. The molecule has 1 spiro atoms. The zero-order valence-electron chi connectivity index (χ0n) is 9.18. The van der Waals surface area contributed by atoms with E-state index in [1.54, 1.807) is 11.8 Å². The van der Waals surface area contributed by atoms with E-state index in [-0.39, 0.29) is 4.87 Å². The lowest BCUT2D eigenvalue weighted by molar-refractivity contribution is -0.139. The molecule has 5 heteroatoms. The average molecular weight is 251 g/mol. The number of carbonyl (C=O) groups is 1. The number of nitrogens with one attached hydrogen (secondary N) is 1.